The van der Waals surface area contributed by atoms with Crippen molar-refractivity contribution in [2.24, 2.45) is 0 Å². The fraction of sp³-hybridized carbons (Fsp3) is 1.00. The number of hydrogen-bond acceptors (Lipinski definition) is 6. The van der Waals surface area contributed by atoms with Gasteiger partial charge in [0.25, 0.3) is 20.2 Å². The van der Waals surface area contributed by atoms with Crippen LogP contribution in [0.15, 0.2) is 0 Å². The third-order valence-electron chi connectivity index (χ3n) is 2.24. The molecule has 0 radical (unpaired) electrons. The van der Waals surface area contributed by atoms with Crippen molar-refractivity contribution in [1.29, 1.82) is 0 Å². The van der Waals surface area contributed by atoms with Gasteiger partial charge >= 0.3 is 0 Å². The van der Waals surface area contributed by atoms with Crippen LogP contribution in [0.5, 0.6) is 0 Å². The standard InChI is InChI=1S/C8H16O6S2/c1-15(9,10)13-7-5-3-4-6-8(7)14-16(2,11)12/h7-8H,3-6H2,1-2H3/t7-,8-/m1/s1. The second-order valence-corrected chi connectivity index (χ2v) is 7.16. The molecule has 1 rings (SSSR count). The van der Waals surface area contributed by atoms with Gasteiger partial charge in [-0.1, -0.05) is 12.8 Å². The van der Waals surface area contributed by atoms with Crippen LogP contribution in [-0.4, -0.2) is 41.6 Å². The molecule has 1 aliphatic carbocycles. The van der Waals surface area contributed by atoms with Gasteiger partial charge in [0, 0.05) is 0 Å². The lowest BCUT2D eigenvalue weighted by atomic mass is 9.95. The van der Waals surface area contributed by atoms with Crippen molar-refractivity contribution in [1.82, 2.24) is 0 Å². The zero-order valence-electron chi connectivity index (χ0n) is 9.25. The van der Waals surface area contributed by atoms with E-state index in [1.165, 1.54) is 0 Å². The Hall–Kier alpha value is -0.180. The maximum Gasteiger partial charge on any atom is 0.264 e. The van der Waals surface area contributed by atoms with Crippen LogP contribution in [0.4, 0.5) is 0 Å². The molecule has 0 aromatic heterocycles. The van der Waals surface area contributed by atoms with E-state index < -0.39 is 32.4 Å². The van der Waals surface area contributed by atoms with Gasteiger partial charge in [-0.05, 0) is 12.8 Å². The lowest BCUT2D eigenvalue weighted by molar-refractivity contribution is 0.0323. The minimum Gasteiger partial charge on any atom is -0.264 e. The maximum atomic E-state index is 11.0. The monoisotopic (exact) mass is 272 g/mol. The van der Waals surface area contributed by atoms with Gasteiger partial charge in [0.05, 0.1) is 12.5 Å². The van der Waals surface area contributed by atoms with Crippen molar-refractivity contribution in [3.8, 4) is 0 Å². The Labute approximate surface area is 96.2 Å². The fourth-order valence-electron chi connectivity index (χ4n) is 1.73. The first-order valence-electron chi connectivity index (χ1n) is 4.94. The molecule has 0 saturated heterocycles. The van der Waals surface area contributed by atoms with E-state index in [4.69, 9.17) is 8.37 Å². The Balaban J connectivity index is 2.72. The maximum absolute atomic E-state index is 11.0. The molecular weight excluding hydrogens is 256 g/mol. The summed E-state index contributed by atoms with van der Waals surface area (Å²) in [6, 6.07) is 0. The van der Waals surface area contributed by atoms with Gasteiger partial charge in [0.15, 0.2) is 0 Å². The Morgan fingerprint density at radius 1 is 0.812 bits per heavy atom. The zero-order chi connectivity index (χ0) is 12.4. The van der Waals surface area contributed by atoms with E-state index in [-0.39, 0.29) is 0 Å². The van der Waals surface area contributed by atoms with Gasteiger partial charge in [-0.25, -0.2) is 0 Å². The van der Waals surface area contributed by atoms with Crippen molar-refractivity contribution < 1.29 is 25.2 Å². The first-order chi connectivity index (χ1) is 7.17. The highest BCUT2D eigenvalue weighted by atomic mass is 32.2. The van der Waals surface area contributed by atoms with Crippen LogP contribution in [0.1, 0.15) is 25.7 Å². The topological polar surface area (TPSA) is 86.7 Å². The van der Waals surface area contributed by atoms with Gasteiger partial charge in [-0.15, -0.1) is 0 Å². The lowest BCUT2D eigenvalue weighted by Gasteiger charge is -2.29. The molecule has 6 nitrogen and oxygen atoms in total. The van der Waals surface area contributed by atoms with E-state index in [2.05, 4.69) is 0 Å². The molecule has 0 N–H and O–H groups in total. The normalized spacial score (nSPS) is 27.9. The van der Waals surface area contributed by atoms with E-state index >= 15 is 0 Å². The highest BCUT2D eigenvalue weighted by molar-refractivity contribution is 7.86. The van der Waals surface area contributed by atoms with Crippen LogP contribution in [0, 0.1) is 0 Å². The molecule has 1 fully saturated rings. The summed E-state index contributed by atoms with van der Waals surface area (Å²) in [4.78, 5) is 0. The smallest absolute Gasteiger partial charge is 0.264 e. The Morgan fingerprint density at radius 2 is 1.12 bits per heavy atom. The summed E-state index contributed by atoms with van der Waals surface area (Å²) in [6.07, 6.45) is 3.10. The van der Waals surface area contributed by atoms with E-state index in [1.807, 2.05) is 0 Å². The van der Waals surface area contributed by atoms with Crippen molar-refractivity contribution in [3.63, 3.8) is 0 Å². The fourth-order valence-corrected chi connectivity index (χ4v) is 3.07. The summed E-state index contributed by atoms with van der Waals surface area (Å²) in [5.41, 5.74) is 0. The van der Waals surface area contributed by atoms with Gasteiger partial charge in [-0.2, -0.15) is 16.8 Å². The average Bonchev–Trinajstić information content (AvgIpc) is 2.03. The number of rotatable bonds is 4. The van der Waals surface area contributed by atoms with Crippen LogP contribution in [-0.2, 0) is 28.6 Å². The molecule has 96 valence electrons. The highest BCUT2D eigenvalue weighted by Crippen LogP contribution is 2.25. The summed E-state index contributed by atoms with van der Waals surface area (Å²) in [6.45, 7) is 0. The molecule has 1 aliphatic rings. The largest absolute Gasteiger partial charge is 0.264 e. The first-order valence-corrected chi connectivity index (χ1v) is 8.57. The molecule has 1 saturated carbocycles. The highest BCUT2D eigenvalue weighted by Gasteiger charge is 2.32. The molecule has 0 unspecified atom stereocenters. The van der Waals surface area contributed by atoms with Crippen molar-refractivity contribution in [2.45, 2.75) is 37.9 Å². The Kier molecular flexibility index (Phi) is 4.33. The number of hydrogen-bond donors (Lipinski definition) is 0. The Morgan fingerprint density at radius 3 is 1.38 bits per heavy atom. The van der Waals surface area contributed by atoms with E-state index in [9.17, 15) is 16.8 Å². The minimum atomic E-state index is -3.59. The predicted octanol–water partition coefficient (Wildman–Crippen LogP) is 0.250. The van der Waals surface area contributed by atoms with Gasteiger partial charge in [0.1, 0.15) is 12.2 Å². The molecule has 16 heavy (non-hydrogen) atoms. The van der Waals surface area contributed by atoms with Crippen LogP contribution >= 0.6 is 0 Å². The SMILES string of the molecule is CS(=O)(=O)O[C@@H]1CCCC[C@H]1OS(C)(=O)=O. The van der Waals surface area contributed by atoms with Crippen molar-refractivity contribution in [3.05, 3.63) is 0 Å². The molecule has 0 spiro atoms. The summed E-state index contributed by atoms with van der Waals surface area (Å²) < 4.78 is 53.6. The molecule has 0 aromatic rings. The van der Waals surface area contributed by atoms with Gasteiger partial charge in [0.2, 0.25) is 0 Å². The third-order valence-corrected chi connectivity index (χ3v) is 3.43. The molecule has 0 aliphatic heterocycles. The van der Waals surface area contributed by atoms with Crippen molar-refractivity contribution >= 4 is 20.2 Å². The van der Waals surface area contributed by atoms with E-state index in [0.717, 1.165) is 25.4 Å². The molecule has 0 bridgehead atoms. The van der Waals surface area contributed by atoms with Crippen LogP contribution < -0.4 is 0 Å². The summed E-state index contributed by atoms with van der Waals surface area (Å²) >= 11 is 0. The van der Waals surface area contributed by atoms with Crippen LogP contribution in [0.25, 0.3) is 0 Å². The summed E-state index contributed by atoms with van der Waals surface area (Å²) in [5, 5.41) is 0. The van der Waals surface area contributed by atoms with Crippen LogP contribution in [0.2, 0.25) is 0 Å². The van der Waals surface area contributed by atoms with Gasteiger partial charge < -0.3 is 0 Å². The molecule has 0 aromatic carbocycles. The first kappa shape index (κ1) is 13.9. The van der Waals surface area contributed by atoms with E-state index in [0.29, 0.717) is 12.8 Å². The zero-order valence-corrected chi connectivity index (χ0v) is 10.9. The third kappa shape index (κ3) is 5.24. The lowest BCUT2D eigenvalue weighted by Crippen LogP contribution is -2.37. The quantitative estimate of drug-likeness (QED) is 0.682. The summed E-state index contributed by atoms with van der Waals surface area (Å²) in [7, 11) is -7.17. The average molecular weight is 272 g/mol. The second-order valence-electron chi connectivity index (χ2n) is 3.96. The van der Waals surface area contributed by atoms with E-state index in [1.54, 1.807) is 0 Å². The second kappa shape index (κ2) is 4.99. The molecule has 8 heteroatoms. The Bertz CT molecular complexity index is 381. The van der Waals surface area contributed by atoms with Crippen LogP contribution in [0.3, 0.4) is 0 Å². The van der Waals surface area contributed by atoms with Crippen molar-refractivity contribution in [2.75, 3.05) is 12.5 Å². The summed E-state index contributed by atoms with van der Waals surface area (Å²) in [5.74, 6) is 0. The molecule has 2 atom stereocenters. The predicted molar refractivity (Wildman–Crippen MR) is 57.9 cm³/mol. The molecule has 0 amide bonds. The van der Waals surface area contributed by atoms with Gasteiger partial charge in [-0.3, -0.25) is 8.37 Å². The molecular formula is C8H16O6S2. The minimum absolute atomic E-state index is 0.493. The molecule has 0 heterocycles.